The Morgan fingerprint density at radius 1 is 1.32 bits per heavy atom. The first-order chi connectivity index (χ1) is 9.04. The van der Waals surface area contributed by atoms with Crippen LogP contribution in [0.15, 0.2) is 35.1 Å². The third-order valence-corrected chi connectivity index (χ3v) is 2.72. The largest absolute Gasteiger partial charge is 0.413 e. The Balaban J connectivity index is 2.66. The van der Waals surface area contributed by atoms with Crippen LogP contribution in [0.1, 0.15) is 24.3 Å². The number of benzene rings is 1. The summed E-state index contributed by atoms with van der Waals surface area (Å²) in [7, 11) is 1.36. The molecule has 0 aliphatic heterocycles. The zero-order valence-electron chi connectivity index (χ0n) is 11.1. The van der Waals surface area contributed by atoms with Crippen molar-refractivity contribution in [2.24, 2.45) is 0 Å². The first-order valence-electron chi connectivity index (χ1n) is 6.04. The van der Waals surface area contributed by atoms with E-state index in [-0.39, 0.29) is 23.2 Å². The number of carbonyl (C=O) groups is 1. The Labute approximate surface area is 110 Å². The van der Waals surface area contributed by atoms with Crippen LogP contribution >= 0.6 is 0 Å². The monoisotopic (exact) mass is 260 g/mol. The summed E-state index contributed by atoms with van der Waals surface area (Å²) in [6.45, 7) is 3.71. The number of rotatable bonds is 3. The van der Waals surface area contributed by atoms with E-state index in [9.17, 15) is 9.59 Å². The van der Waals surface area contributed by atoms with Gasteiger partial charge in [0.2, 0.25) is 0 Å². The summed E-state index contributed by atoms with van der Waals surface area (Å²) in [5, 5.41) is 3.98. The smallest absolute Gasteiger partial charge is 0.291 e. The van der Waals surface area contributed by atoms with E-state index in [4.69, 9.17) is 4.84 Å². The summed E-state index contributed by atoms with van der Waals surface area (Å²) in [5.41, 5.74) is -0.144. The molecule has 5 nitrogen and oxygen atoms in total. The fourth-order valence-corrected chi connectivity index (χ4v) is 1.92. The van der Waals surface area contributed by atoms with Gasteiger partial charge in [-0.2, -0.15) is 0 Å². The van der Waals surface area contributed by atoms with Gasteiger partial charge >= 0.3 is 0 Å². The number of nitrogens with zero attached hydrogens (tertiary/aromatic N) is 1. The first kappa shape index (κ1) is 13.1. The van der Waals surface area contributed by atoms with Crippen LogP contribution in [0, 0.1) is 0 Å². The molecule has 0 aliphatic carbocycles. The molecule has 0 fully saturated rings. The zero-order valence-corrected chi connectivity index (χ0v) is 11.1. The highest BCUT2D eigenvalue weighted by Crippen LogP contribution is 2.11. The lowest BCUT2D eigenvalue weighted by atomic mass is 10.1. The Hall–Kier alpha value is -2.30. The van der Waals surface area contributed by atoms with Crippen molar-refractivity contribution in [1.82, 2.24) is 10.0 Å². The summed E-state index contributed by atoms with van der Waals surface area (Å²) < 4.78 is 1.01. The van der Waals surface area contributed by atoms with Crippen molar-refractivity contribution in [3.05, 3.63) is 46.4 Å². The second-order valence-electron chi connectivity index (χ2n) is 4.53. The third-order valence-electron chi connectivity index (χ3n) is 2.72. The minimum Gasteiger partial charge on any atom is -0.413 e. The predicted octanol–water partition coefficient (Wildman–Crippen LogP) is 1.20. The minimum absolute atomic E-state index is 0.0145. The third kappa shape index (κ3) is 2.45. The molecule has 1 N–H and O–H groups in total. The average molecular weight is 260 g/mol. The molecular formula is C14H16N2O3. The van der Waals surface area contributed by atoms with Crippen LogP contribution in [-0.2, 0) is 0 Å². The summed E-state index contributed by atoms with van der Waals surface area (Å²) in [6.07, 6.45) is 0. The van der Waals surface area contributed by atoms with Crippen LogP contribution in [0.5, 0.6) is 0 Å². The van der Waals surface area contributed by atoms with E-state index in [1.54, 1.807) is 24.3 Å². The molecule has 1 heterocycles. The summed E-state index contributed by atoms with van der Waals surface area (Å²) >= 11 is 0. The van der Waals surface area contributed by atoms with Crippen molar-refractivity contribution in [2.45, 2.75) is 19.9 Å². The number of pyridine rings is 1. The van der Waals surface area contributed by atoms with Gasteiger partial charge in [-0.05, 0) is 31.4 Å². The molecule has 0 bridgehead atoms. The number of hydrogen-bond donors (Lipinski definition) is 1. The van der Waals surface area contributed by atoms with Crippen LogP contribution in [0.3, 0.4) is 0 Å². The fraction of sp³-hybridized carbons (Fsp3) is 0.286. The highest BCUT2D eigenvalue weighted by atomic mass is 16.6. The number of carbonyl (C=O) groups excluding carboxylic acids is 1. The van der Waals surface area contributed by atoms with E-state index < -0.39 is 0 Å². The van der Waals surface area contributed by atoms with Gasteiger partial charge in [-0.3, -0.25) is 9.59 Å². The number of nitrogens with one attached hydrogen (secondary N) is 1. The van der Waals surface area contributed by atoms with Crippen LogP contribution in [0.4, 0.5) is 0 Å². The summed E-state index contributed by atoms with van der Waals surface area (Å²) in [5.74, 6) is -0.334. The molecule has 0 unspecified atom stereocenters. The van der Waals surface area contributed by atoms with Crippen molar-refractivity contribution in [3.63, 3.8) is 0 Å². The summed E-state index contributed by atoms with van der Waals surface area (Å²) in [6, 6.07) is 8.73. The van der Waals surface area contributed by atoms with Gasteiger partial charge in [-0.25, -0.2) is 0 Å². The molecule has 2 rings (SSSR count). The van der Waals surface area contributed by atoms with Crippen molar-refractivity contribution in [1.29, 1.82) is 0 Å². The molecule has 0 saturated carbocycles. The number of aromatic nitrogens is 1. The molecule has 0 saturated heterocycles. The van der Waals surface area contributed by atoms with Gasteiger partial charge in [0.1, 0.15) is 12.8 Å². The topological polar surface area (TPSA) is 60.3 Å². The van der Waals surface area contributed by atoms with E-state index in [0.29, 0.717) is 5.39 Å². The van der Waals surface area contributed by atoms with Crippen molar-refractivity contribution >= 4 is 16.7 Å². The van der Waals surface area contributed by atoms with Crippen LogP contribution in [0.25, 0.3) is 10.8 Å². The highest BCUT2D eigenvalue weighted by molar-refractivity contribution is 5.96. The molecule has 1 aromatic heterocycles. The maximum Gasteiger partial charge on any atom is 0.291 e. The molecule has 0 aliphatic rings. The summed E-state index contributed by atoms with van der Waals surface area (Å²) in [4.78, 5) is 29.3. The molecule has 19 heavy (non-hydrogen) atoms. The van der Waals surface area contributed by atoms with Crippen LogP contribution < -0.4 is 15.7 Å². The van der Waals surface area contributed by atoms with E-state index >= 15 is 0 Å². The Morgan fingerprint density at radius 3 is 2.63 bits per heavy atom. The maximum atomic E-state index is 12.2. The second kappa shape index (κ2) is 5.14. The van der Waals surface area contributed by atoms with E-state index in [1.165, 1.54) is 7.11 Å². The van der Waals surface area contributed by atoms with Gasteiger partial charge in [0, 0.05) is 6.04 Å². The lowest BCUT2D eigenvalue weighted by molar-refractivity contribution is 0.0874. The van der Waals surface area contributed by atoms with Gasteiger partial charge in [0.15, 0.2) is 0 Å². The SMILES string of the molecule is COn1c(C(=O)NC(C)C)cc2ccccc2c1=O. The number of hydrogen-bond acceptors (Lipinski definition) is 3. The number of fused-ring (bicyclic) bond motifs is 1. The predicted molar refractivity (Wildman–Crippen MR) is 73.3 cm³/mol. The molecular weight excluding hydrogens is 244 g/mol. The highest BCUT2D eigenvalue weighted by Gasteiger charge is 2.16. The van der Waals surface area contributed by atoms with Crippen molar-refractivity contribution in [3.8, 4) is 0 Å². The van der Waals surface area contributed by atoms with E-state index in [2.05, 4.69) is 5.32 Å². The van der Waals surface area contributed by atoms with Crippen molar-refractivity contribution < 1.29 is 9.63 Å². The molecule has 100 valence electrons. The Kier molecular flexibility index (Phi) is 3.55. The fourth-order valence-electron chi connectivity index (χ4n) is 1.92. The van der Waals surface area contributed by atoms with Gasteiger partial charge < -0.3 is 10.2 Å². The molecule has 0 atom stereocenters. The Morgan fingerprint density at radius 2 is 2.00 bits per heavy atom. The lowest BCUT2D eigenvalue weighted by Gasteiger charge is -2.14. The number of amides is 1. The maximum absolute atomic E-state index is 12.2. The van der Waals surface area contributed by atoms with E-state index in [1.807, 2.05) is 19.9 Å². The quantitative estimate of drug-likeness (QED) is 0.902. The van der Waals surface area contributed by atoms with Gasteiger partial charge in [0.05, 0.1) is 5.39 Å². The molecule has 1 aromatic carbocycles. The average Bonchev–Trinajstić information content (AvgIpc) is 2.38. The Bertz CT molecular complexity index is 674. The molecule has 2 aromatic rings. The van der Waals surface area contributed by atoms with E-state index in [0.717, 1.165) is 10.1 Å². The second-order valence-corrected chi connectivity index (χ2v) is 4.53. The molecule has 0 spiro atoms. The van der Waals surface area contributed by atoms with Gasteiger partial charge in [-0.1, -0.05) is 18.2 Å². The van der Waals surface area contributed by atoms with Crippen LogP contribution in [0.2, 0.25) is 0 Å². The molecule has 1 amide bonds. The molecule has 0 radical (unpaired) electrons. The van der Waals surface area contributed by atoms with Crippen LogP contribution in [-0.4, -0.2) is 23.8 Å². The standard InChI is InChI=1S/C14H16N2O3/c1-9(2)15-13(17)12-8-10-6-4-5-7-11(10)14(18)16(12)19-3/h4-9H,1-3H3,(H,15,17). The lowest BCUT2D eigenvalue weighted by Crippen LogP contribution is -2.37. The van der Waals surface area contributed by atoms with Crippen molar-refractivity contribution in [2.75, 3.05) is 7.11 Å². The zero-order chi connectivity index (χ0) is 14.0. The molecule has 5 heteroatoms. The normalized spacial score (nSPS) is 10.7. The first-order valence-corrected chi connectivity index (χ1v) is 6.04. The van der Waals surface area contributed by atoms with Gasteiger partial charge in [-0.15, -0.1) is 4.73 Å². The minimum atomic E-state index is -0.338. The van der Waals surface area contributed by atoms with Gasteiger partial charge in [0.25, 0.3) is 11.5 Å².